The van der Waals surface area contributed by atoms with Crippen LogP contribution in [0.15, 0.2) is 6.33 Å². The summed E-state index contributed by atoms with van der Waals surface area (Å²) in [4.78, 5) is 12.4. The van der Waals surface area contributed by atoms with E-state index in [1.54, 1.807) is 0 Å². The van der Waals surface area contributed by atoms with Crippen LogP contribution in [-0.4, -0.2) is 57.4 Å². The Balaban J connectivity index is 1.79. The van der Waals surface area contributed by atoms with Crippen molar-refractivity contribution in [2.24, 2.45) is 0 Å². The van der Waals surface area contributed by atoms with Crippen LogP contribution < -0.4 is 10.5 Å². The lowest BCUT2D eigenvalue weighted by molar-refractivity contribution is -0.192. The third-order valence-corrected chi connectivity index (χ3v) is 4.23. The smallest absolute Gasteiger partial charge is 0.247 e. The Morgan fingerprint density at radius 3 is 3.08 bits per heavy atom. The molecule has 0 bridgehead atoms. The summed E-state index contributed by atoms with van der Waals surface area (Å²) in [6.07, 6.45) is -0.744. The van der Waals surface area contributed by atoms with Crippen molar-refractivity contribution in [3.8, 4) is 5.88 Å². The quantitative estimate of drug-likeness (QED) is 0.875. The van der Waals surface area contributed by atoms with Crippen molar-refractivity contribution in [3.63, 3.8) is 0 Å². The minimum Gasteiger partial charge on any atom is -0.476 e. The van der Waals surface area contributed by atoms with Gasteiger partial charge in [0.1, 0.15) is 19.0 Å². The maximum Gasteiger partial charge on any atom is 0.247 e. The van der Waals surface area contributed by atoms with Gasteiger partial charge < -0.3 is 24.7 Å². The number of fused-ring (bicyclic) bond motifs is 2. The number of nitrogens with two attached hydrogens (primary N) is 1. The van der Waals surface area contributed by atoms with Gasteiger partial charge in [-0.25, -0.2) is 9.37 Å². The molecule has 2 aliphatic heterocycles. The van der Waals surface area contributed by atoms with Crippen molar-refractivity contribution in [1.29, 1.82) is 0 Å². The molecule has 4 rings (SSSR count). The van der Waals surface area contributed by atoms with Gasteiger partial charge in [-0.2, -0.15) is 9.97 Å². The Morgan fingerprint density at radius 1 is 1.50 bits per heavy atom. The summed E-state index contributed by atoms with van der Waals surface area (Å²) in [5, 5.41) is 0. The zero-order chi connectivity index (χ0) is 16.9. The van der Waals surface area contributed by atoms with Gasteiger partial charge in [0.15, 0.2) is 23.1 Å². The molecule has 24 heavy (non-hydrogen) atoms. The largest absolute Gasteiger partial charge is 0.476 e. The molecule has 0 aliphatic carbocycles. The van der Waals surface area contributed by atoms with Crippen molar-refractivity contribution < 1.29 is 23.3 Å². The lowest BCUT2D eigenvalue weighted by atomic mass is 9.98. The summed E-state index contributed by atoms with van der Waals surface area (Å²) in [6.45, 7) is 3.98. The molecule has 2 aromatic rings. The maximum absolute atomic E-state index is 15.4. The lowest BCUT2D eigenvalue weighted by Crippen LogP contribution is -2.46. The van der Waals surface area contributed by atoms with E-state index in [1.807, 2.05) is 6.92 Å². The van der Waals surface area contributed by atoms with Crippen LogP contribution in [0.1, 0.15) is 20.1 Å². The Hall–Kier alpha value is -2.04. The fourth-order valence-corrected chi connectivity index (χ4v) is 3.21. The van der Waals surface area contributed by atoms with Gasteiger partial charge in [-0.05, 0) is 13.8 Å². The fraction of sp³-hybridized carbons (Fsp3) is 0.643. The monoisotopic (exact) mass is 339 g/mol. The molecular formula is C14H18FN5O4. The second-order valence-corrected chi connectivity index (χ2v) is 5.90. The van der Waals surface area contributed by atoms with Crippen molar-refractivity contribution in [3.05, 3.63) is 6.33 Å². The molecule has 4 atom stereocenters. The SMILES string of the molecule is CCOc1nc(N)nc2c1ncn2[C@@H]1O[C@@H]2COCO[C@H]2[C@@]1(C)F. The van der Waals surface area contributed by atoms with Gasteiger partial charge in [0.25, 0.3) is 0 Å². The topological polar surface area (TPSA) is 107 Å². The highest BCUT2D eigenvalue weighted by Crippen LogP contribution is 2.45. The highest BCUT2D eigenvalue weighted by Gasteiger charge is 2.58. The third-order valence-electron chi connectivity index (χ3n) is 4.23. The molecule has 2 fully saturated rings. The molecule has 0 amide bonds. The molecule has 2 saturated heterocycles. The number of hydrogen-bond donors (Lipinski definition) is 1. The Kier molecular flexibility index (Phi) is 3.55. The number of alkyl halides is 1. The molecule has 2 aliphatic rings. The molecule has 2 N–H and O–H groups in total. The molecule has 4 heterocycles. The van der Waals surface area contributed by atoms with E-state index in [4.69, 9.17) is 24.7 Å². The minimum atomic E-state index is -1.78. The van der Waals surface area contributed by atoms with Gasteiger partial charge in [-0.3, -0.25) is 4.57 Å². The minimum absolute atomic E-state index is 0.0169. The first-order valence-electron chi connectivity index (χ1n) is 7.69. The lowest BCUT2D eigenvalue weighted by Gasteiger charge is -2.30. The van der Waals surface area contributed by atoms with Crippen molar-refractivity contribution in [2.75, 3.05) is 25.7 Å². The van der Waals surface area contributed by atoms with E-state index in [9.17, 15) is 0 Å². The predicted molar refractivity (Wildman–Crippen MR) is 80.0 cm³/mol. The number of aromatic nitrogens is 4. The number of halogens is 1. The molecular weight excluding hydrogens is 321 g/mol. The van der Waals surface area contributed by atoms with Gasteiger partial charge in [-0.1, -0.05) is 0 Å². The van der Waals surface area contributed by atoms with E-state index in [0.717, 1.165) is 0 Å². The number of nitrogens with zero attached hydrogens (tertiary/aromatic N) is 4. The first kappa shape index (κ1) is 15.5. The van der Waals surface area contributed by atoms with Crippen LogP contribution in [0.25, 0.3) is 11.2 Å². The van der Waals surface area contributed by atoms with Gasteiger partial charge in [0.05, 0.1) is 19.5 Å². The molecule has 130 valence electrons. The summed E-state index contributed by atoms with van der Waals surface area (Å²) in [5.74, 6) is 0.276. The van der Waals surface area contributed by atoms with Crippen molar-refractivity contribution in [2.45, 2.75) is 38.0 Å². The van der Waals surface area contributed by atoms with Crippen LogP contribution in [0.2, 0.25) is 0 Å². The van der Waals surface area contributed by atoms with E-state index in [2.05, 4.69) is 15.0 Å². The van der Waals surface area contributed by atoms with E-state index >= 15 is 4.39 Å². The molecule has 0 radical (unpaired) electrons. The number of hydrogen-bond acceptors (Lipinski definition) is 8. The normalized spacial score (nSPS) is 32.9. The van der Waals surface area contributed by atoms with E-state index in [-0.39, 0.29) is 25.2 Å². The summed E-state index contributed by atoms with van der Waals surface area (Å²) in [6, 6.07) is 0. The highest BCUT2D eigenvalue weighted by atomic mass is 19.1. The summed E-state index contributed by atoms with van der Waals surface area (Å²) < 4.78 is 38.8. The average Bonchev–Trinajstić information content (AvgIpc) is 3.07. The molecule has 10 heteroatoms. The molecule has 9 nitrogen and oxygen atoms in total. The summed E-state index contributed by atoms with van der Waals surface area (Å²) >= 11 is 0. The van der Waals surface area contributed by atoms with Gasteiger partial charge in [-0.15, -0.1) is 0 Å². The Labute approximate surface area is 136 Å². The second kappa shape index (κ2) is 5.50. The van der Waals surface area contributed by atoms with E-state index < -0.39 is 24.1 Å². The molecule has 0 saturated carbocycles. The molecule has 0 aromatic carbocycles. The number of anilines is 1. The van der Waals surface area contributed by atoms with Crippen LogP contribution in [0.4, 0.5) is 10.3 Å². The Bertz CT molecular complexity index is 767. The third kappa shape index (κ3) is 2.21. The van der Waals surface area contributed by atoms with Crippen LogP contribution in [0.5, 0.6) is 5.88 Å². The fourth-order valence-electron chi connectivity index (χ4n) is 3.21. The van der Waals surface area contributed by atoms with Crippen molar-refractivity contribution in [1.82, 2.24) is 19.5 Å². The molecule has 0 spiro atoms. The number of ether oxygens (including phenoxy) is 4. The average molecular weight is 339 g/mol. The van der Waals surface area contributed by atoms with Crippen LogP contribution in [0, 0.1) is 0 Å². The van der Waals surface area contributed by atoms with Crippen LogP contribution >= 0.6 is 0 Å². The zero-order valence-corrected chi connectivity index (χ0v) is 13.3. The van der Waals surface area contributed by atoms with E-state index in [1.165, 1.54) is 17.8 Å². The molecule has 2 aromatic heterocycles. The van der Waals surface area contributed by atoms with Crippen LogP contribution in [0.3, 0.4) is 0 Å². The standard InChI is InChI=1S/C14H18FN5O4/c1-3-22-11-8-10(18-13(16)19-11)20(5-17-8)12-14(2,15)9-7(24-12)4-21-6-23-9/h5,7,9,12H,3-4,6H2,1-2H3,(H2,16,18,19)/t7-,9-,12-,14-/m1/s1. The zero-order valence-electron chi connectivity index (χ0n) is 13.3. The summed E-state index contributed by atoms with van der Waals surface area (Å²) in [7, 11) is 0. The van der Waals surface area contributed by atoms with Crippen LogP contribution in [-0.2, 0) is 14.2 Å². The highest BCUT2D eigenvalue weighted by molar-refractivity contribution is 5.77. The van der Waals surface area contributed by atoms with E-state index in [0.29, 0.717) is 17.8 Å². The molecule has 0 unspecified atom stereocenters. The second-order valence-electron chi connectivity index (χ2n) is 5.90. The number of nitrogen functional groups attached to an aromatic ring is 1. The number of rotatable bonds is 3. The van der Waals surface area contributed by atoms with Gasteiger partial charge in [0.2, 0.25) is 11.8 Å². The van der Waals surface area contributed by atoms with Crippen molar-refractivity contribution >= 4 is 17.1 Å². The van der Waals surface area contributed by atoms with Gasteiger partial charge >= 0.3 is 0 Å². The number of imidazole rings is 1. The Morgan fingerprint density at radius 2 is 2.33 bits per heavy atom. The predicted octanol–water partition coefficient (Wildman–Crippen LogP) is 0.806. The maximum atomic E-state index is 15.4. The van der Waals surface area contributed by atoms with Gasteiger partial charge in [0, 0.05) is 0 Å². The first-order valence-corrected chi connectivity index (χ1v) is 7.69. The first-order chi connectivity index (χ1) is 11.5. The summed E-state index contributed by atoms with van der Waals surface area (Å²) in [5.41, 5.74) is 4.71.